The summed E-state index contributed by atoms with van der Waals surface area (Å²) < 4.78 is 13.4. The number of hydrogen-bond acceptors (Lipinski definition) is 2. The summed E-state index contributed by atoms with van der Waals surface area (Å²) >= 11 is 0. The minimum absolute atomic E-state index is 0.120. The molecule has 19 heavy (non-hydrogen) atoms. The molecule has 3 heteroatoms. The SMILES string of the molecule is CC(CCc1ccccc1F)NCCC(O)C(C)C. The Balaban J connectivity index is 2.21. The molecule has 0 radical (unpaired) electrons. The predicted molar refractivity (Wildman–Crippen MR) is 77.6 cm³/mol. The average molecular weight is 267 g/mol. The van der Waals surface area contributed by atoms with Gasteiger partial charge in [-0.05, 0) is 50.3 Å². The molecule has 0 bridgehead atoms. The Morgan fingerprint density at radius 1 is 1.16 bits per heavy atom. The van der Waals surface area contributed by atoms with Crippen LogP contribution in [0.3, 0.4) is 0 Å². The van der Waals surface area contributed by atoms with Crippen LogP contribution in [0.4, 0.5) is 4.39 Å². The highest BCUT2D eigenvalue weighted by atomic mass is 19.1. The van der Waals surface area contributed by atoms with Crippen LogP contribution in [0.1, 0.15) is 39.2 Å². The molecule has 1 aromatic rings. The standard InChI is InChI=1S/C16H26FNO/c1-12(2)16(19)10-11-18-13(3)8-9-14-6-4-5-7-15(14)17/h4-7,12-13,16,18-19H,8-11H2,1-3H3. The normalized spacial score (nSPS) is 14.6. The number of rotatable bonds is 8. The van der Waals surface area contributed by atoms with Gasteiger partial charge in [0.25, 0.3) is 0 Å². The molecular weight excluding hydrogens is 241 g/mol. The Morgan fingerprint density at radius 3 is 2.47 bits per heavy atom. The van der Waals surface area contributed by atoms with Crippen molar-refractivity contribution in [1.29, 1.82) is 0 Å². The summed E-state index contributed by atoms with van der Waals surface area (Å²) in [6.07, 6.45) is 2.17. The summed E-state index contributed by atoms with van der Waals surface area (Å²) in [7, 11) is 0. The third kappa shape index (κ3) is 6.17. The van der Waals surface area contributed by atoms with E-state index in [0.29, 0.717) is 12.0 Å². The minimum atomic E-state index is -0.244. The van der Waals surface area contributed by atoms with Gasteiger partial charge in [-0.3, -0.25) is 0 Å². The second kappa shape index (κ2) is 8.28. The molecule has 2 N–H and O–H groups in total. The van der Waals surface area contributed by atoms with Crippen LogP contribution in [0, 0.1) is 11.7 Å². The number of benzene rings is 1. The molecule has 2 atom stereocenters. The van der Waals surface area contributed by atoms with Gasteiger partial charge in [-0.15, -0.1) is 0 Å². The van der Waals surface area contributed by atoms with E-state index in [1.807, 2.05) is 26.0 Å². The molecule has 2 nitrogen and oxygen atoms in total. The zero-order chi connectivity index (χ0) is 14.3. The fourth-order valence-electron chi connectivity index (χ4n) is 1.99. The molecular formula is C16H26FNO. The van der Waals surface area contributed by atoms with E-state index in [0.717, 1.165) is 31.4 Å². The highest BCUT2D eigenvalue weighted by molar-refractivity contribution is 5.17. The fourth-order valence-corrected chi connectivity index (χ4v) is 1.99. The molecule has 0 aliphatic carbocycles. The maximum absolute atomic E-state index is 13.4. The molecule has 108 valence electrons. The lowest BCUT2D eigenvalue weighted by molar-refractivity contribution is 0.115. The Labute approximate surface area is 116 Å². The molecule has 2 unspecified atom stereocenters. The Hall–Kier alpha value is -0.930. The minimum Gasteiger partial charge on any atom is -0.393 e. The molecule has 0 aromatic heterocycles. The summed E-state index contributed by atoms with van der Waals surface area (Å²) in [6, 6.07) is 7.26. The molecule has 0 aliphatic heterocycles. The number of aryl methyl sites for hydroxylation is 1. The van der Waals surface area contributed by atoms with Crippen molar-refractivity contribution in [3.8, 4) is 0 Å². The fraction of sp³-hybridized carbons (Fsp3) is 0.625. The summed E-state index contributed by atoms with van der Waals surface area (Å²) in [5, 5.41) is 13.1. The average Bonchev–Trinajstić information content (AvgIpc) is 2.37. The number of hydrogen-bond donors (Lipinski definition) is 2. The largest absolute Gasteiger partial charge is 0.393 e. The first-order chi connectivity index (χ1) is 9.00. The second-order valence-corrected chi connectivity index (χ2v) is 5.59. The van der Waals surface area contributed by atoms with E-state index in [1.54, 1.807) is 6.07 Å². The Kier molecular flexibility index (Phi) is 7.03. The van der Waals surface area contributed by atoms with Crippen LogP contribution in [0.25, 0.3) is 0 Å². The third-order valence-corrected chi connectivity index (χ3v) is 3.51. The van der Waals surface area contributed by atoms with Gasteiger partial charge in [0, 0.05) is 6.04 Å². The molecule has 0 fully saturated rings. The van der Waals surface area contributed by atoms with Crippen molar-refractivity contribution in [2.75, 3.05) is 6.54 Å². The molecule has 1 aromatic carbocycles. The summed E-state index contributed by atoms with van der Waals surface area (Å²) in [5.41, 5.74) is 0.776. The maximum Gasteiger partial charge on any atom is 0.126 e. The molecule has 0 spiro atoms. The monoisotopic (exact) mass is 267 g/mol. The van der Waals surface area contributed by atoms with Crippen LogP contribution in [-0.4, -0.2) is 23.8 Å². The predicted octanol–water partition coefficient (Wildman–Crippen LogP) is 3.14. The first-order valence-electron chi connectivity index (χ1n) is 7.15. The topological polar surface area (TPSA) is 32.3 Å². The highest BCUT2D eigenvalue weighted by Crippen LogP contribution is 2.10. The Morgan fingerprint density at radius 2 is 1.84 bits per heavy atom. The lowest BCUT2D eigenvalue weighted by Gasteiger charge is -2.18. The zero-order valence-electron chi connectivity index (χ0n) is 12.2. The summed E-state index contributed by atoms with van der Waals surface area (Å²) in [4.78, 5) is 0. The van der Waals surface area contributed by atoms with E-state index in [4.69, 9.17) is 0 Å². The van der Waals surface area contributed by atoms with Crippen LogP contribution in [-0.2, 0) is 6.42 Å². The van der Waals surface area contributed by atoms with E-state index in [9.17, 15) is 9.50 Å². The van der Waals surface area contributed by atoms with Gasteiger partial charge in [-0.25, -0.2) is 4.39 Å². The van der Waals surface area contributed by atoms with E-state index in [1.165, 1.54) is 6.07 Å². The van der Waals surface area contributed by atoms with Crippen molar-refractivity contribution in [1.82, 2.24) is 5.32 Å². The van der Waals surface area contributed by atoms with Crippen LogP contribution in [0.2, 0.25) is 0 Å². The van der Waals surface area contributed by atoms with E-state index < -0.39 is 0 Å². The zero-order valence-corrected chi connectivity index (χ0v) is 12.2. The second-order valence-electron chi connectivity index (χ2n) is 5.59. The molecule has 0 saturated carbocycles. The summed E-state index contributed by atoms with van der Waals surface area (Å²) in [6.45, 7) is 6.94. The van der Waals surface area contributed by atoms with Crippen molar-refractivity contribution in [3.63, 3.8) is 0 Å². The molecule has 0 saturated heterocycles. The van der Waals surface area contributed by atoms with Gasteiger partial charge in [-0.2, -0.15) is 0 Å². The van der Waals surface area contributed by atoms with Gasteiger partial charge in [0.05, 0.1) is 6.10 Å². The van der Waals surface area contributed by atoms with Gasteiger partial charge in [-0.1, -0.05) is 32.0 Å². The lowest BCUT2D eigenvalue weighted by Crippen LogP contribution is -2.30. The molecule has 0 aliphatic rings. The van der Waals surface area contributed by atoms with Gasteiger partial charge in [0.15, 0.2) is 0 Å². The first-order valence-corrected chi connectivity index (χ1v) is 7.15. The van der Waals surface area contributed by atoms with Gasteiger partial charge in [0.2, 0.25) is 0 Å². The van der Waals surface area contributed by atoms with Crippen LogP contribution >= 0.6 is 0 Å². The number of halogens is 1. The highest BCUT2D eigenvalue weighted by Gasteiger charge is 2.10. The van der Waals surface area contributed by atoms with E-state index >= 15 is 0 Å². The quantitative estimate of drug-likeness (QED) is 0.758. The number of aliphatic hydroxyl groups excluding tert-OH is 1. The molecule has 0 amide bonds. The van der Waals surface area contributed by atoms with Crippen LogP contribution < -0.4 is 5.32 Å². The lowest BCUT2D eigenvalue weighted by atomic mass is 10.0. The van der Waals surface area contributed by atoms with Crippen molar-refractivity contribution < 1.29 is 9.50 Å². The van der Waals surface area contributed by atoms with E-state index in [-0.39, 0.29) is 11.9 Å². The van der Waals surface area contributed by atoms with Crippen LogP contribution in [0.15, 0.2) is 24.3 Å². The Bertz CT molecular complexity index is 368. The van der Waals surface area contributed by atoms with Crippen molar-refractivity contribution in [2.45, 2.75) is 52.2 Å². The van der Waals surface area contributed by atoms with Crippen molar-refractivity contribution in [3.05, 3.63) is 35.6 Å². The van der Waals surface area contributed by atoms with Gasteiger partial charge in [0.1, 0.15) is 5.82 Å². The molecule has 1 rings (SSSR count). The van der Waals surface area contributed by atoms with Crippen molar-refractivity contribution >= 4 is 0 Å². The van der Waals surface area contributed by atoms with Gasteiger partial charge < -0.3 is 10.4 Å². The number of aliphatic hydroxyl groups is 1. The number of nitrogens with one attached hydrogen (secondary N) is 1. The van der Waals surface area contributed by atoms with Gasteiger partial charge >= 0.3 is 0 Å². The third-order valence-electron chi connectivity index (χ3n) is 3.51. The summed E-state index contributed by atoms with van der Waals surface area (Å²) in [5.74, 6) is 0.181. The molecule has 0 heterocycles. The van der Waals surface area contributed by atoms with Crippen molar-refractivity contribution in [2.24, 2.45) is 5.92 Å². The smallest absolute Gasteiger partial charge is 0.126 e. The van der Waals surface area contributed by atoms with Crippen LogP contribution in [0.5, 0.6) is 0 Å². The maximum atomic E-state index is 13.4. The van der Waals surface area contributed by atoms with E-state index in [2.05, 4.69) is 12.2 Å². The first kappa shape index (κ1) is 16.1.